The van der Waals surface area contributed by atoms with Gasteiger partial charge in [0.1, 0.15) is 5.44 Å². The van der Waals surface area contributed by atoms with Crippen LogP contribution in [0.15, 0.2) is 24.3 Å². The Bertz CT molecular complexity index is 665. The molecule has 1 aromatic carbocycles. The number of hydrogen-bond donors (Lipinski definition) is 3. The number of nitrogens with one attached hydrogen (secondary N) is 2. The summed E-state index contributed by atoms with van der Waals surface area (Å²) < 4.78 is 42.2. The summed E-state index contributed by atoms with van der Waals surface area (Å²) in [7, 11) is -4.01. The molecule has 0 bridgehead atoms. The number of hydrogen-bond acceptors (Lipinski definition) is 7. The fourth-order valence-corrected chi connectivity index (χ4v) is 3.88. The van der Waals surface area contributed by atoms with E-state index >= 15 is 0 Å². The lowest BCUT2D eigenvalue weighted by Gasteiger charge is -2.16. The maximum Gasteiger partial charge on any atom is 0.322 e. The predicted molar refractivity (Wildman–Crippen MR) is 106 cm³/mol. The second-order valence-corrected chi connectivity index (χ2v) is 9.23. The van der Waals surface area contributed by atoms with Crippen molar-refractivity contribution in [2.45, 2.75) is 32.2 Å². The number of benzene rings is 1. The summed E-state index contributed by atoms with van der Waals surface area (Å²) in [5.41, 5.74) is 0.0492. The van der Waals surface area contributed by atoms with Gasteiger partial charge in [0.15, 0.2) is 0 Å². The van der Waals surface area contributed by atoms with Gasteiger partial charge in [-0.25, -0.2) is 0 Å². The molecule has 1 amide bonds. The van der Waals surface area contributed by atoms with Gasteiger partial charge < -0.3 is 20.1 Å². The first-order valence-electron chi connectivity index (χ1n) is 8.69. The zero-order valence-corrected chi connectivity index (χ0v) is 17.4. The van der Waals surface area contributed by atoms with Crippen LogP contribution in [0.4, 0.5) is 0 Å². The van der Waals surface area contributed by atoms with Crippen molar-refractivity contribution in [3.8, 4) is 0 Å². The van der Waals surface area contributed by atoms with Gasteiger partial charge in [0.05, 0.1) is 13.2 Å². The molecule has 0 aliphatic rings. The van der Waals surface area contributed by atoms with Crippen LogP contribution in [0, 0.1) is 0 Å². The summed E-state index contributed by atoms with van der Waals surface area (Å²) in [6.07, 6.45) is 0. The summed E-state index contributed by atoms with van der Waals surface area (Å²) in [6.45, 7) is 8.07. The van der Waals surface area contributed by atoms with Crippen LogP contribution in [-0.4, -0.2) is 57.8 Å². The quantitative estimate of drug-likeness (QED) is 0.192. The molecule has 0 heterocycles. The Morgan fingerprint density at radius 1 is 1.19 bits per heavy atom. The van der Waals surface area contributed by atoms with Crippen molar-refractivity contribution in [2.75, 3.05) is 32.9 Å². The average molecular weight is 421 g/mol. The molecule has 1 atom stereocenters. The van der Waals surface area contributed by atoms with Crippen LogP contribution in [0.1, 0.15) is 42.1 Å². The van der Waals surface area contributed by atoms with Crippen LogP contribution in [0.25, 0.3) is 0 Å². The van der Waals surface area contributed by atoms with Gasteiger partial charge >= 0.3 is 9.15 Å². The molecular weight excluding hydrogens is 392 g/mol. The molecule has 0 aliphatic carbocycles. The van der Waals surface area contributed by atoms with Crippen LogP contribution < -0.4 is 10.6 Å². The minimum atomic E-state index is -4.30. The standard InChI is InChI=1S/C17H28N2O6S2/c1-4-24-11-12-25-17(26-27(21,22)23)15-7-5-14(6-8-15)16(20)19-10-9-18-13(2)3/h5-8,13,17-18H,4,9-12H2,1-3H3,(H,19,20)(H,21,22,23). The van der Waals surface area contributed by atoms with Gasteiger partial charge in [-0.2, -0.15) is 8.42 Å². The van der Waals surface area contributed by atoms with Crippen LogP contribution >= 0.6 is 10.8 Å². The second kappa shape index (κ2) is 12.3. The van der Waals surface area contributed by atoms with Gasteiger partial charge in [-0.3, -0.25) is 9.35 Å². The fourth-order valence-electron chi connectivity index (χ4n) is 2.08. The molecule has 0 radical (unpaired) electrons. The Morgan fingerprint density at radius 2 is 1.85 bits per heavy atom. The Labute approximate surface area is 164 Å². The highest BCUT2D eigenvalue weighted by molar-refractivity contribution is 8.69. The van der Waals surface area contributed by atoms with E-state index in [1.54, 1.807) is 24.3 Å². The van der Waals surface area contributed by atoms with Gasteiger partial charge in [-0.05, 0) is 24.6 Å². The van der Waals surface area contributed by atoms with E-state index in [-0.39, 0.29) is 23.3 Å². The van der Waals surface area contributed by atoms with E-state index in [0.717, 1.165) is 0 Å². The third-order valence-corrected chi connectivity index (χ3v) is 5.40. The minimum Gasteiger partial charge on any atom is -0.379 e. The highest BCUT2D eigenvalue weighted by Crippen LogP contribution is 2.33. The minimum absolute atomic E-state index is 0.173. The molecule has 10 heteroatoms. The summed E-state index contributed by atoms with van der Waals surface area (Å²) in [5.74, 6) is -0.219. The Hall–Kier alpha value is -1.17. The van der Waals surface area contributed by atoms with Crippen LogP contribution in [0.3, 0.4) is 0 Å². The van der Waals surface area contributed by atoms with E-state index in [1.807, 2.05) is 20.8 Å². The zero-order valence-electron chi connectivity index (χ0n) is 15.8. The van der Waals surface area contributed by atoms with Crippen molar-refractivity contribution < 1.29 is 27.2 Å². The number of carbonyl (C=O) groups is 1. The third-order valence-electron chi connectivity index (χ3n) is 3.32. The van der Waals surface area contributed by atoms with Gasteiger partial charge in [-0.15, -0.1) is 0 Å². The zero-order chi connectivity index (χ0) is 20.3. The molecule has 0 spiro atoms. The first kappa shape index (κ1) is 23.9. The van der Waals surface area contributed by atoms with Gasteiger partial charge in [0.25, 0.3) is 5.91 Å². The molecule has 0 saturated heterocycles. The van der Waals surface area contributed by atoms with E-state index in [9.17, 15) is 13.2 Å². The van der Waals surface area contributed by atoms with E-state index in [0.29, 0.717) is 43.5 Å². The molecule has 27 heavy (non-hydrogen) atoms. The van der Waals surface area contributed by atoms with E-state index in [4.69, 9.17) is 14.0 Å². The largest absolute Gasteiger partial charge is 0.379 e. The van der Waals surface area contributed by atoms with Crippen LogP contribution in [-0.2, 0) is 18.6 Å². The normalized spacial score (nSPS) is 12.9. The lowest BCUT2D eigenvalue weighted by molar-refractivity contribution is 0.0418. The monoisotopic (exact) mass is 420 g/mol. The molecule has 154 valence electrons. The van der Waals surface area contributed by atoms with E-state index < -0.39 is 14.6 Å². The summed E-state index contributed by atoms with van der Waals surface area (Å²) in [6, 6.07) is 6.73. The SMILES string of the molecule is CCOCCOC(SS(=O)(=O)O)c1ccc(C(=O)NCCNC(C)C)cc1. The summed E-state index contributed by atoms with van der Waals surface area (Å²) in [4.78, 5) is 12.1. The molecule has 0 aromatic heterocycles. The molecular formula is C17H28N2O6S2. The lowest BCUT2D eigenvalue weighted by Crippen LogP contribution is -2.34. The fraction of sp³-hybridized carbons (Fsp3) is 0.588. The number of ether oxygens (including phenoxy) is 2. The second-order valence-electron chi connectivity index (χ2n) is 5.91. The average Bonchev–Trinajstić information content (AvgIpc) is 2.60. The van der Waals surface area contributed by atoms with Crippen molar-refractivity contribution in [3.05, 3.63) is 35.4 Å². The molecule has 1 rings (SSSR count). The van der Waals surface area contributed by atoms with E-state index in [1.165, 1.54) is 0 Å². The van der Waals surface area contributed by atoms with Crippen molar-refractivity contribution >= 4 is 25.9 Å². The van der Waals surface area contributed by atoms with Gasteiger partial charge in [0.2, 0.25) is 0 Å². The highest BCUT2D eigenvalue weighted by atomic mass is 33.1. The molecule has 0 saturated carbocycles. The van der Waals surface area contributed by atoms with Crippen molar-refractivity contribution in [2.24, 2.45) is 0 Å². The molecule has 8 nitrogen and oxygen atoms in total. The van der Waals surface area contributed by atoms with Crippen molar-refractivity contribution in [3.63, 3.8) is 0 Å². The van der Waals surface area contributed by atoms with Crippen LogP contribution in [0.2, 0.25) is 0 Å². The Kier molecular flexibility index (Phi) is 10.9. The number of amides is 1. The molecule has 3 N–H and O–H groups in total. The topological polar surface area (TPSA) is 114 Å². The number of rotatable bonds is 13. The third kappa shape index (κ3) is 10.7. The molecule has 0 aliphatic heterocycles. The molecule has 0 fully saturated rings. The van der Waals surface area contributed by atoms with E-state index in [2.05, 4.69) is 10.6 Å². The first-order chi connectivity index (χ1) is 12.7. The maximum absolute atomic E-state index is 12.1. The first-order valence-corrected chi connectivity index (χ1v) is 11.5. The highest BCUT2D eigenvalue weighted by Gasteiger charge is 2.21. The Morgan fingerprint density at radius 3 is 2.41 bits per heavy atom. The van der Waals surface area contributed by atoms with Crippen molar-refractivity contribution in [1.29, 1.82) is 0 Å². The summed E-state index contributed by atoms with van der Waals surface area (Å²) in [5, 5.41) is 6.00. The van der Waals surface area contributed by atoms with Gasteiger partial charge in [-0.1, -0.05) is 26.0 Å². The molecule has 1 unspecified atom stereocenters. The van der Waals surface area contributed by atoms with Crippen LogP contribution in [0.5, 0.6) is 0 Å². The molecule has 1 aromatic rings. The predicted octanol–water partition coefficient (Wildman–Crippen LogP) is 2.00. The smallest absolute Gasteiger partial charge is 0.322 e. The Balaban J connectivity index is 2.68. The van der Waals surface area contributed by atoms with Gasteiger partial charge in [0, 0.05) is 42.1 Å². The summed E-state index contributed by atoms with van der Waals surface area (Å²) >= 11 is 0. The lowest BCUT2D eigenvalue weighted by atomic mass is 10.1. The number of carbonyl (C=O) groups excluding carboxylic acids is 1. The maximum atomic E-state index is 12.1. The van der Waals surface area contributed by atoms with Crippen molar-refractivity contribution in [1.82, 2.24) is 10.6 Å².